The Morgan fingerprint density at radius 2 is 1.77 bits per heavy atom. The normalized spacial score (nSPS) is 28.6. The van der Waals surface area contributed by atoms with Gasteiger partial charge in [-0.1, -0.05) is 30.3 Å². The van der Waals surface area contributed by atoms with E-state index in [0.717, 1.165) is 17.4 Å². The van der Waals surface area contributed by atoms with E-state index in [1.807, 2.05) is 0 Å². The van der Waals surface area contributed by atoms with Gasteiger partial charge in [0.2, 0.25) is 11.8 Å². The highest BCUT2D eigenvalue weighted by Crippen LogP contribution is 2.61. The monoisotopic (exact) mass is 501 g/mol. The van der Waals surface area contributed by atoms with Crippen molar-refractivity contribution in [1.29, 1.82) is 0 Å². The van der Waals surface area contributed by atoms with Gasteiger partial charge in [-0.2, -0.15) is 0 Å². The number of nitrogens with one attached hydrogen (secondary N) is 1. The minimum atomic E-state index is -2.35. The molecule has 2 aromatic carbocycles. The summed E-state index contributed by atoms with van der Waals surface area (Å²) in [4.78, 5) is 49.6. The van der Waals surface area contributed by atoms with Gasteiger partial charge < -0.3 is 19.7 Å². The van der Waals surface area contributed by atoms with Crippen LogP contribution < -0.4 is 10.1 Å². The first-order chi connectivity index (χ1) is 16.4. The predicted molar refractivity (Wildman–Crippen MR) is 123 cm³/mol. The number of carbonyl (C=O) groups excluding carboxylic acids is 2. The number of hydrogen-bond donors (Lipinski definition) is 2. The number of benzene rings is 2. The van der Waals surface area contributed by atoms with Crippen LogP contribution in [-0.4, -0.2) is 52.7 Å². The Morgan fingerprint density at radius 1 is 1.17 bits per heavy atom. The molecule has 3 unspecified atom stereocenters. The van der Waals surface area contributed by atoms with Crippen LogP contribution in [0.5, 0.6) is 5.75 Å². The van der Waals surface area contributed by atoms with Crippen LogP contribution in [-0.2, 0) is 32.0 Å². The van der Waals surface area contributed by atoms with Crippen molar-refractivity contribution in [3.05, 3.63) is 70.3 Å². The highest BCUT2D eigenvalue weighted by molar-refractivity contribution is 7.94. The minimum Gasteiger partial charge on any atom is -0.611 e. The molecule has 2 aromatic rings. The number of rotatable bonds is 7. The summed E-state index contributed by atoms with van der Waals surface area (Å²) >= 11 is -2.17. The van der Waals surface area contributed by atoms with Gasteiger partial charge in [-0.15, -0.1) is 0 Å². The van der Waals surface area contributed by atoms with E-state index in [0.29, 0.717) is 0 Å². The Bertz CT molecular complexity index is 1210. The smallest absolute Gasteiger partial charge is 0.364 e. The second kappa shape index (κ2) is 8.24. The van der Waals surface area contributed by atoms with Gasteiger partial charge in [0.05, 0.1) is 4.92 Å². The molecule has 0 bridgehead atoms. The molecule has 2 N–H and O–H groups in total. The lowest BCUT2D eigenvalue weighted by atomic mass is 9.81. The van der Waals surface area contributed by atoms with E-state index >= 15 is 0 Å². The molecule has 0 radical (unpaired) electrons. The second-order valence-corrected chi connectivity index (χ2v) is 11.0. The highest BCUT2D eigenvalue weighted by Gasteiger charge is 2.90. The van der Waals surface area contributed by atoms with Gasteiger partial charge in [0.25, 0.3) is 11.4 Å². The van der Waals surface area contributed by atoms with Gasteiger partial charge in [-0.25, -0.2) is 9.69 Å². The molecule has 2 aliphatic heterocycles. The van der Waals surface area contributed by atoms with E-state index in [1.54, 1.807) is 30.3 Å². The maximum Gasteiger partial charge on any atom is 0.364 e. The second-order valence-electron chi connectivity index (χ2n) is 8.88. The Labute approximate surface area is 203 Å². The lowest BCUT2D eigenvalue weighted by Crippen LogP contribution is -2.82. The molecular weight excluding hydrogens is 478 g/mol. The molecule has 184 valence electrons. The zero-order valence-corrected chi connectivity index (χ0v) is 19.9. The summed E-state index contributed by atoms with van der Waals surface area (Å²) in [6.07, 6.45) is 0.0980. The Hall–Kier alpha value is -3.64. The van der Waals surface area contributed by atoms with Crippen LogP contribution in [0.3, 0.4) is 0 Å². The third kappa shape index (κ3) is 3.35. The molecule has 0 saturated carbocycles. The lowest BCUT2D eigenvalue weighted by molar-refractivity contribution is -0.384. The number of non-ortho nitro benzene ring substituents is 1. The zero-order chi connectivity index (χ0) is 25.8. The molecule has 2 heterocycles. The summed E-state index contributed by atoms with van der Waals surface area (Å²) in [5.74, 6) is -3.94. The number of amides is 2. The molecule has 0 spiro atoms. The number of ether oxygens (including phenoxy) is 1. The third-order valence-electron chi connectivity index (χ3n) is 6.47. The topological polar surface area (TPSA) is 162 Å². The molecule has 0 aromatic heterocycles. The summed E-state index contributed by atoms with van der Waals surface area (Å²) in [5, 5.41) is 21.7. The summed E-state index contributed by atoms with van der Waals surface area (Å²) in [6, 6.07) is 13.8. The van der Waals surface area contributed by atoms with E-state index in [-0.39, 0.29) is 17.9 Å². The van der Waals surface area contributed by atoms with E-state index in [4.69, 9.17) is 4.74 Å². The fourth-order valence-electron chi connectivity index (χ4n) is 4.83. The molecule has 4 rings (SSSR count). The summed E-state index contributed by atoms with van der Waals surface area (Å²) in [5.41, 5.74) is -1.82. The van der Waals surface area contributed by atoms with Crippen LogP contribution in [0.25, 0.3) is 0 Å². The third-order valence-corrected chi connectivity index (χ3v) is 8.77. The standard InChI is InChI=1S/C23H23N3O8S/c1-14(27)24-22(20(29)30)21(2,3)35(33)23(34-17-11-9-16(10-12-17)26(31)32)18(19(28)25(22)23)13-15-7-5-4-6-8-15/h4-12,18H,13H2,1-3H3,(H,24,27)(H,29,30)/t18?,22?,23-,35?/m1/s1. The fourth-order valence-corrected chi connectivity index (χ4v) is 7.06. The first-order valence-electron chi connectivity index (χ1n) is 10.6. The molecule has 2 saturated heterocycles. The molecule has 2 fully saturated rings. The number of hydrogen-bond acceptors (Lipinski definition) is 7. The van der Waals surface area contributed by atoms with Gasteiger partial charge in [0, 0.05) is 30.2 Å². The molecule has 2 aliphatic rings. The van der Waals surface area contributed by atoms with Crippen molar-refractivity contribution >= 4 is 34.6 Å². The molecule has 12 heteroatoms. The number of fused-ring (bicyclic) bond motifs is 1. The summed E-state index contributed by atoms with van der Waals surface area (Å²) in [6.45, 7) is 3.88. The highest BCUT2D eigenvalue weighted by atomic mass is 32.2. The number of carboxylic acids is 1. The van der Waals surface area contributed by atoms with Crippen LogP contribution in [0.4, 0.5) is 5.69 Å². The maximum atomic E-state index is 14.1. The molecule has 0 aliphatic carbocycles. The van der Waals surface area contributed by atoms with Crippen LogP contribution in [0.15, 0.2) is 54.6 Å². The average molecular weight is 502 g/mol. The molecule has 35 heavy (non-hydrogen) atoms. The average Bonchev–Trinajstić information content (AvgIpc) is 2.93. The number of β-lactam (4-membered cyclic amide) rings is 1. The number of nitrogens with zero attached hydrogens (tertiary/aromatic N) is 2. The predicted octanol–water partition coefficient (Wildman–Crippen LogP) is 1.79. The van der Waals surface area contributed by atoms with Crippen molar-refractivity contribution in [3.8, 4) is 5.75 Å². The van der Waals surface area contributed by atoms with Gasteiger partial charge in [-0.3, -0.25) is 19.7 Å². The largest absolute Gasteiger partial charge is 0.611 e. The van der Waals surface area contributed by atoms with Crippen molar-refractivity contribution in [1.82, 2.24) is 10.2 Å². The van der Waals surface area contributed by atoms with Gasteiger partial charge in [-0.05, 0) is 38.0 Å². The van der Waals surface area contributed by atoms with Crippen LogP contribution in [0, 0.1) is 16.0 Å². The Balaban J connectivity index is 1.87. The summed E-state index contributed by atoms with van der Waals surface area (Å²) in [7, 11) is 0. The van der Waals surface area contributed by atoms with Crippen molar-refractivity contribution in [2.45, 2.75) is 42.7 Å². The quantitative estimate of drug-likeness (QED) is 0.251. The first kappa shape index (κ1) is 24.5. The van der Waals surface area contributed by atoms with Gasteiger partial charge in [0.15, 0.2) is 10.7 Å². The van der Waals surface area contributed by atoms with Gasteiger partial charge >= 0.3 is 11.0 Å². The SMILES string of the molecule is CC(=O)NC1(C(=O)O)N2C(=O)C(Cc3ccccc3)[C@@]2(Oc2ccc([N+](=O)[O-])cc2)[S+]([O-])C1(C)C. The van der Waals surface area contributed by atoms with E-state index in [9.17, 15) is 34.2 Å². The van der Waals surface area contributed by atoms with E-state index in [2.05, 4.69) is 5.32 Å². The van der Waals surface area contributed by atoms with Crippen LogP contribution >= 0.6 is 0 Å². The Kier molecular flexibility index (Phi) is 5.76. The van der Waals surface area contributed by atoms with Crippen LogP contribution in [0.1, 0.15) is 26.3 Å². The molecule has 11 nitrogen and oxygen atoms in total. The molecule has 2 amide bonds. The maximum absolute atomic E-state index is 14.1. The number of nitro benzene ring substituents is 1. The Morgan fingerprint density at radius 3 is 2.29 bits per heavy atom. The van der Waals surface area contributed by atoms with Crippen molar-refractivity contribution in [3.63, 3.8) is 0 Å². The number of nitro groups is 1. The zero-order valence-electron chi connectivity index (χ0n) is 19.1. The van der Waals surface area contributed by atoms with Crippen molar-refractivity contribution < 1.29 is 33.7 Å². The molecular formula is C23H23N3O8S. The van der Waals surface area contributed by atoms with Crippen molar-refractivity contribution in [2.75, 3.05) is 0 Å². The van der Waals surface area contributed by atoms with E-state index < -0.39 is 55.3 Å². The van der Waals surface area contributed by atoms with E-state index in [1.165, 1.54) is 38.1 Å². The van der Waals surface area contributed by atoms with Crippen LogP contribution in [0.2, 0.25) is 0 Å². The number of carbonyl (C=O) groups is 3. The van der Waals surface area contributed by atoms with Gasteiger partial charge in [0.1, 0.15) is 5.75 Å². The minimum absolute atomic E-state index is 0.0549. The number of aliphatic carboxylic acids is 1. The summed E-state index contributed by atoms with van der Waals surface area (Å²) < 4.78 is 18.6. The first-order valence-corrected chi connectivity index (χ1v) is 11.8. The molecule has 4 atom stereocenters. The lowest BCUT2D eigenvalue weighted by Gasteiger charge is -2.52. The number of carboxylic acid groups (broad SMARTS) is 1. The van der Waals surface area contributed by atoms with Crippen molar-refractivity contribution in [2.24, 2.45) is 5.92 Å². The fraction of sp³-hybridized carbons (Fsp3) is 0.348.